The minimum absolute atomic E-state index is 0.0741. The van der Waals surface area contributed by atoms with Crippen LogP contribution in [0.5, 0.6) is 0 Å². The summed E-state index contributed by atoms with van der Waals surface area (Å²) in [6.07, 6.45) is 1.33. The van der Waals surface area contributed by atoms with E-state index in [9.17, 15) is 9.90 Å². The van der Waals surface area contributed by atoms with Crippen LogP contribution < -0.4 is 0 Å². The third kappa shape index (κ3) is 0.838. The molecule has 0 aromatic rings. The molecule has 0 bridgehead atoms. The Labute approximate surface area is 73.3 Å². The average molecular weight is 168 g/mol. The maximum atomic E-state index is 11.4. The molecule has 0 saturated carbocycles. The van der Waals surface area contributed by atoms with E-state index in [-0.39, 0.29) is 23.4 Å². The summed E-state index contributed by atoms with van der Waals surface area (Å²) >= 11 is 0. The highest BCUT2D eigenvalue weighted by molar-refractivity contribution is 6.04. The second kappa shape index (κ2) is 2.61. The first-order valence-corrected chi connectivity index (χ1v) is 4.39. The van der Waals surface area contributed by atoms with Crippen molar-refractivity contribution in [1.29, 1.82) is 0 Å². The van der Waals surface area contributed by atoms with Gasteiger partial charge in [0.05, 0.1) is 5.41 Å². The second-order valence-electron chi connectivity index (χ2n) is 4.07. The first-order valence-electron chi connectivity index (χ1n) is 4.39. The van der Waals surface area contributed by atoms with Crippen molar-refractivity contribution in [3.8, 4) is 0 Å². The Bertz CT molecular complexity index is 228. The maximum Gasteiger partial charge on any atom is 0.173 e. The summed E-state index contributed by atoms with van der Waals surface area (Å²) in [6, 6.07) is 0. The van der Waals surface area contributed by atoms with Crippen LogP contribution in [0.1, 0.15) is 27.7 Å². The van der Waals surface area contributed by atoms with E-state index < -0.39 is 5.41 Å². The molecule has 0 spiro atoms. The summed E-state index contributed by atoms with van der Waals surface area (Å²) in [7, 11) is 0. The highest BCUT2D eigenvalue weighted by Gasteiger charge is 2.53. The monoisotopic (exact) mass is 168 g/mol. The fourth-order valence-corrected chi connectivity index (χ4v) is 2.24. The lowest BCUT2D eigenvalue weighted by molar-refractivity contribution is -0.133. The Morgan fingerprint density at radius 2 is 1.67 bits per heavy atom. The van der Waals surface area contributed by atoms with Gasteiger partial charge in [0.2, 0.25) is 0 Å². The zero-order valence-electron chi connectivity index (χ0n) is 8.09. The summed E-state index contributed by atoms with van der Waals surface area (Å²) in [5, 5.41) is 9.51. The zero-order chi connectivity index (χ0) is 9.52. The molecule has 0 fully saturated rings. The van der Waals surface area contributed by atoms with Gasteiger partial charge in [-0.1, -0.05) is 27.7 Å². The highest BCUT2D eigenvalue weighted by atomic mass is 16.3. The largest absolute Gasteiger partial charge is 0.511 e. The molecular weight excluding hydrogens is 152 g/mol. The molecule has 2 nitrogen and oxygen atoms in total. The fraction of sp³-hybridized carbons (Fsp3) is 0.700. The number of carbonyl (C=O) groups excluding carboxylic acids is 1. The number of hydrogen-bond donors (Lipinski definition) is 1. The van der Waals surface area contributed by atoms with Crippen LogP contribution in [0.3, 0.4) is 0 Å². The Kier molecular flexibility index (Phi) is 2.02. The summed E-state index contributed by atoms with van der Waals surface area (Å²) in [6.45, 7) is 7.89. The molecule has 1 rings (SSSR count). The van der Waals surface area contributed by atoms with Crippen molar-refractivity contribution in [2.24, 2.45) is 17.3 Å². The molecule has 0 aliphatic heterocycles. The van der Waals surface area contributed by atoms with Gasteiger partial charge in [0.25, 0.3) is 0 Å². The van der Waals surface area contributed by atoms with Gasteiger partial charge in [-0.2, -0.15) is 0 Å². The number of aliphatic hydroxyl groups excluding tert-OH is 1. The van der Waals surface area contributed by atoms with E-state index in [2.05, 4.69) is 0 Å². The molecule has 0 radical (unpaired) electrons. The molecule has 0 aromatic carbocycles. The number of hydrogen-bond acceptors (Lipinski definition) is 2. The van der Waals surface area contributed by atoms with E-state index >= 15 is 0 Å². The number of aliphatic hydroxyl groups is 1. The molecule has 1 N–H and O–H groups in total. The van der Waals surface area contributed by atoms with Gasteiger partial charge in [-0.15, -0.1) is 0 Å². The Morgan fingerprint density at radius 1 is 1.25 bits per heavy atom. The molecule has 0 unspecified atom stereocenters. The maximum absolute atomic E-state index is 11.4. The van der Waals surface area contributed by atoms with Crippen LogP contribution in [0.2, 0.25) is 0 Å². The van der Waals surface area contributed by atoms with E-state index in [0.29, 0.717) is 0 Å². The minimum Gasteiger partial charge on any atom is -0.511 e. The van der Waals surface area contributed by atoms with E-state index in [4.69, 9.17) is 0 Å². The molecule has 1 aliphatic carbocycles. The van der Waals surface area contributed by atoms with Crippen LogP contribution in [0.25, 0.3) is 0 Å². The van der Waals surface area contributed by atoms with E-state index in [0.717, 1.165) is 0 Å². The Morgan fingerprint density at radius 3 is 1.75 bits per heavy atom. The normalized spacial score (nSPS) is 21.2. The first-order chi connectivity index (χ1) is 5.44. The number of allylic oxidation sites excluding steroid dienone is 2. The van der Waals surface area contributed by atoms with Crippen molar-refractivity contribution in [1.82, 2.24) is 0 Å². The van der Waals surface area contributed by atoms with Gasteiger partial charge in [-0.3, -0.25) is 4.79 Å². The smallest absolute Gasteiger partial charge is 0.173 e. The van der Waals surface area contributed by atoms with Crippen LogP contribution in [-0.4, -0.2) is 10.9 Å². The summed E-state index contributed by atoms with van der Waals surface area (Å²) in [5.41, 5.74) is -0.583. The van der Waals surface area contributed by atoms with Gasteiger partial charge in [-0.05, 0) is 11.8 Å². The predicted octanol–water partition coefficient (Wildman–Crippen LogP) is 2.31. The van der Waals surface area contributed by atoms with Crippen molar-refractivity contribution in [2.75, 3.05) is 0 Å². The molecule has 0 aromatic heterocycles. The molecule has 2 heteroatoms. The fourth-order valence-electron chi connectivity index (χ4n) is 2.24. The van der Waals surface area contributed by atoms with Crippen LogP contribution in [0.15, 0.2) is 11.8 Å². The van der Waals surface area contributed by atoms with Gasteiger partial charge >= 0.3 is 0 Å². The van der Waals surface area contributed by atoms with Gasteiger partial charge < -0.3 is 5.11 Å². The topological polar surface area (TPSA) is 37.3 Å². The minimum atomic E-state index is -0.583. The van der Waals surface area contributed by atoms with E-state index in [1.165, 1.54) is 6.08 Å². The summed E-state index contributed by atoms with van der Waals surface area (Å²) in [4.78, 5) is 11.4. The molecular formula is C10H16O2. The first kappa shape index (κ1) is 9.30. The van der Waals surface area contributed by atoms with Gasteiger partial charge in [-0.25, -0.2) is 0 Å². The highest BCUT2D eigenvalue weighted by Crippen LogP contribution is 2.48. The average Bonchev–Trinajstić information content (AvgIpc) is 1.84. The summed E-state index contributed by atoms with van der Waals surface area (Å²) < 4.78 is 0. The van der Waals surface area contributed by atoms with E-state index in [1.54, 1.807) is 0 Å². The molecule has 0 saturated heterocycles. The summed E-state index contributed by atoms with van der Waals surface area (Å²) in [5.74, 6) is 0.688. The van der Waals surface area contributed by atoms with Crippen molar-refractivity contribution in [2.45, 2.75) is 27.7 Å². The predicted molar refractivity (Wildman–Crippen MR) is 47.8 cm³/mol. The standard InChI is InChI=1S/C10H16O2/c1-6(2)10(7(3)4)8(11)5-9(10)12/h5-7,11H,1-4H3. The molecule has 0 atom stereocenters. The lowest BCUT2D eigenvalue weighted by atomic mass is 9.59. The van der Waals surface area contributed by atoms with Crippen LogP contribution >= 0.6 is 0 Å². The van der Waals surface area contributed by atoms with Gasteiger partial charge in [0.15, 0.2) is 5.78 Å². The lowest BCUT2D eigenvalue weighted by Crippen LogP contribution is -2.48. The third-order valence-electron chi connectivity index (χ3n) is 2.92. The lowest BCUT2D eigenvalue weighted by Gasteiger charge is -2.43. The number of carbonyl (C=O) groups is 1. The Hall–Kier alpha value is -0.790. The van der Waals surface area contributed by atoms with Crippen molar-refractivity contribution in [3.63, 3.8) is 0 Å². The van der Waals surface area contributed by atoms with Crippen LogP contribution in [0.4, 0.5) is 0 Å². The quantitative estimate of drug-likeness (QED) is 0.687. The Balaban J connectivity index is 3.07. The third-order valence-corrected chi connectivity index (χ3v) is 2.92. The zero-order valence-corrected chi connectivity index (χ0v) is 8.09. The van der Waals surface area contributed by atoms with Crippen molar-refractivity contribution < 1.29 is 9.90 Å². The molecule has 1 aliphatic rings. The molecule has 0 heterocycles. The van der Waals surface area contributed by atoms with E-state index in [1.807, 2.05) is 27.7 Å². The van der Waals surface area contributed by atoms with Crippen molar-refractivity contribution >= 4 is 5.78 Å². The van der Waals surface area contributed by atoms with Crippen LogP contribution in [0, 0.1) is 17.3 Å². The molecule has 12 heavy (non-hydrogen) atoms. The van der Waals surface area contributed by atoms with Crippen molar-refractivity contribution in [3.05, 3.63) is 11.8 Å². The number of rotatable bonds is 2. The van der Waals surface area contributed by atoms with Gasteiger partial charge in [0.1, 0.15) is 5.76 Å². The second-order valence-corrected chi connectivity index (χ2v) is 4.07. The molecule has 68 valence electrons. The molecule has 0 amide bonds. The number of ketones is 1. The SMILES string of the molecule is CC(C)C1(C(C)C)C(=O)C=C1O. The van der Waals surface area contributed by atoms with Crippen LogP contribution in [-0.2, 0) is 4.79 Å². The van der Waals surface area contributed by atoms with Gasteiger partial charge in [0, 0.05) is 6.08 Å².